The van der Waals surface area contributed by atoms with Gasteiger partial charge in [-0.15, -0.1) is 0 Å². The Hall–Kier alpha value is -2.73. The Labute approximate surface area is 161 Å². The zero-order valence-electron chi connectivity index (χ0n) is 16.0. The number of hydrogen-bond donors (Lipinski definition) is 0. The van der Waals surface area contributed by atoms with Crippen molar-refractivity contribution in [2.45, 2.75) is 51.9 Å². The molecule has 1 heterocycles. The van der Waals surface area contributed by atoms with Gasteiger partial charge in [0.05, 0.1) is 18.2 Å². The first-order valence-electron chi connectivity index (χ1n) is 9.97. The summed E-state index contributed by atoms with van der Waals surface area (Å²) in [5.41, 5.74) is 2.44. The number of unbranched alkanes of at least 4 members (excludes halogenated alkanes) is 6. The maximum atomic E-state index is 9.01. The second-order valence-electron chi connectivity index (χ2n) is 6.97. The molecule has 0 unspecified atom stereocenters. The van der Waals surface area contributed by atoms with Crippen LogP contribution in [0.5, 0.6) is 5.75 Å². The van der Waals surface area contributed by atoms with E-state index in [0.29, 0.717) is 5.56 Å². The van der Waals surface area contributed by atoms with E-state index in [1.54, 1.807) is 6.07 Å². The highest BCUT2D eigenvalue weighted by Gasteiger charge is 2.07. The minimum Gasteiger partial charge on any atom is -0.494 e. The van der Waals surface area contributed by atoms with E-state index in [0.717, 1.165) is 41.1 Å². The van der Waals surface area contributed by atoms with Gasteiger partial charge in [-0.05, 0) is 55.0 Å². The summed E-state index contributed by atoms with van der Waals surface area (Å²) in [5.74, 6) is 1.70. The number of hydrogen-bond acceptors (Lipinski definition) is 3. The first kappa shape index (κ1) is 19.0. The summed E-state index contributed by atoms with van der Waals surface area (Å²) < 4.78 is 11.7. The number of ether oxygens (including phenoxy) is 1. The maximum Gasteiger partial charge on any atom is 0.135 e. The van der Waals surface area contributed by atoms with Crippen LogP contribution in [0.25, 0.3) is 22.3 Å². The fourth-order valence-corrected chi connectivity index (χ4v) is 3.22. The van der Waals surface area contributed by atoms with Crippen molar-refractivity contribution in [3.8, 4) is 23.1 Å². The number of furan rings is 1. The van der Waals surface area contributed by atoms with Crippen LogP contribution in [-0.4, -0.2) is 6.61 Å². The van der Waals surface area contributed by atoms with Gasteiger partial charge in [-0.25, -0.2) is 0 Å². The van der Waals surface area contributed by atoms with Gasteiger partial charge in [-0.1, -0.05) is 45.4 Å². The molecule has 0 radical (unpaired) electrons. The Kier molecular flexibility index (Phi) is 6.93. The monoisotopic (exact) mass is 361 g/mol. The number of rotatable bonds is 10. The summed E-state index contributed by atoms with van der Waals surface area (Å²) >= 11 is 0. The second-order valence-corrected chi connectivity index (χ2v) is 6.97. The minimum absolute atomic E-state index is 0.643. The largest absolute Gasteiger partial charge is 0.494 e. The molecule has 3 nitrogen and oxygen atoms in total. The van der Waals surface area contributed by atoms with E-state index in [4.69, 9.17) is 14.4 Å². The number of fused-ring (bicyclic) bond motifs is 1. The molecule has 0 spiro atoms. The first-order chi connectivity index (χ1) is 13.3. The summed E-state index contributed by atoms with van der Waals surface area (Å²) in [6.45, 7) is 3.02. The molecule has 3 heteroatoms. The van der Waals surface area contributed by atoms with E-state index in [9.17, 15) is 0 Å². The van der Waals surface area contributed by atoms with E-state index in [2.05, 4.69) is 13.0 Å². The van der Waals surface area contributed by atoms with E-state index in [1.807, 2.05) is 42.5 Å². The molecule has 0 aliphatic rings. The summed E-state index contributed by atoms with van der Waals surface area (Å²) in [4.78, 5) is 0. The van der Waals surface area contributed by atoms with Crippen LogP contribution in [0.2, 0.25) is 0 Å². The molecule has 1 aromatic heterocycles. The molecule has 0 atom stereocenters. The third-order valence-corrected chi connectivity index (χ3v) is 4.80. The molecule has 3 rings (SSSR count). The standard InChI is InChI=1S/C24H27NO2/c1-2-3-4-5-6-7-8-15-26-22-12-10-20(11-13-22)24-17-21-16-19(18-25)9-14-23(21)27-24/h9-14,16-17H,2-8,15H2,1H3. The fraction of sp³-hybridized carbons (Fsp3) is 0.375. The highest BCUT2D eigenvalue weighted by atomic mass is 16.5. The van der Waals surface area contributed by atoms with Crippen molar-refractivity contribution in [2.24, 2.45) is 0 Å². The summed E-state index contributed by atoms with van der Waals surface area (Å²) in [6, 6.07) is 17.6. The lowest BCUT2D eigenvalue weighted by atomic mass is 10.1. The minimum atomic E-state index is 0.643. The van der Waals surface area contributed by atoms with Crippen LogP contribution in [-0.2, 0) is 0 Å². The van der Waals surface area contributed by atoms with Crippen molar-refractivity contribution in [1.82, 2.24) is 0 Å². The van der Waals surface area contributed by atoms with Crippen molar-refractivity contribution in [2.75, 3.05) is 6.61 Å². The average Bonchev–Trinajstić information content (AvgIpc) is 3.13. The van der Waals surface area contributed by atoms with Crippen LogP contribution in [0, 0.1) is 11.3 Å². The van der Waals surface area contributed by atoms with Gasteiger partial charge in [0.2, 0.25) is 0 Å². The normalized spacial score (nSPS) is 10.8. The lowest BCUT2D eigenvalue weighted by Crippen LogP contribution is -1.97. The molecule has 0 fully saturated rings. The molecule has 0 saturated carbocycles. The van der Waals surface area contributed by atoms with Crippen molar-refractivity contribution >= 4 is 11.0 Å². The Morgan fingerprint density at radius 1 is 0.889 bits per heavy atom. The van der Waals surface area contributed by atoms with Crippen LogP contribution in [0.3, 0.4) is 0 Å². The first-order valence-corrected chi connectivity index (χ1v) is 9.97. The second kappa shape index (κ2) is 9.83. The average molecular weight is 361 g/mol. The van der Waals surface area contributed by atoms with Crippen LogP contribution >= 0.6 is 0 Å². The lowest BCUT2D eigenvalue weighted by molar-refractivity contribution is 0.304. The van der Waals surface area contributed by atoms with E-state index in [-0.39, 0.29) is 0 Å². The molecule has 0 N–H and O–H groups in total. The maximum absolute atomic E-state index is 9.01. The van der Waals surface area contributed by atoms with Gasteiger partial charge in [0.15, 0.2) is 0 Å². The van der Waals surface area contributed by atoms with Gasteiger partial charge in [0.1, 0.15) is 17.1 Å². The topological polar surface area (TPSA) is 46.2 Å². The Bertz CT molecular complexity index is 887. The quantitative estimate of drug-likeness (QED) is 0.362. The van der Waals surface area contributed by atoms with Gasteiger partial charge < -0.3 is 9.15 Å². The van der Waals surface area contributed by atoms with E-state index in [1.165, 1.54) is 38.5 Å². The molecular formula is C24H27NO2. The van der Waals surface area contributed by atoms with E-state index >= 15 is 0 Å². The number of nitriles is 1. The van der Waals surface area contributed by atoms with Gasteiger partial charge in [-0.3, -0.25) is 0 Å². The highest BCUT2D eigenvalue weighted by Crippen LogP contribution is 2.29. The van der Waals surface area contributed by atoms with Gasteiger partial charge in [0.25, 0.3) is 0 Å². The smallest absolute Gasteiger partial charge is 0.135 e. The molecule has 3 aromatic rings. The molecule has 27 heavy (non-hydrogen) atoms. The van der Waals surface area contributed by atoms with Gasteiger partial charge >= 0.3 is 0 Å². The summed E-state index contributed by atoms with van der Waals surface area (Å²) in [7, 11) is 0. The van der Waals surface area contributed by atoms with Crippen LogP contribution < -0.4 is 4.74 Å². The van der Waals surface area contributed by atoms with Crippen LogP contribution in [0.4, 0.5) is 0 Å². The molecule has 140 valence electrons. The lowest BCUT2D eigenvalue weighted by Gasteiger charge is -2.06. The van der Waals surface area contributed by atoms with E-state index < -0.39 is 0 Å². The van der Waals surface area contributed by atoms with Gasteiger partial charge in [0, 0.05) is 10.9 Å². The molecule has 0 amide bonds. The predicted molar refractivity (Wildman–Crippen MR) is 110 cm³/mol. The molecule has 2 aromatic carbocycles. The fourth-order valence-electron chi connectivity index (χ4n) is 3.22. The molecule has 0 bridgehead atoms. The zero-order chi connectivity index (χ0) is 18.9. The summed E-state index contributed by atoms with van der Waals surface area (Å²) in [5, 5.41) is 9.96. The van der Waals surface area contributed by atoms with Crippen molar-refractivity contribution in [3.05, 3.63) is 54.1 Å². The van der Waals surface area contributed by atoms with Crippen molar-refractivity contribution < 1.29 is 9.15 Å². The molecular weight excluding hydrogens is 334 g/mol. The Balaban J connectivity index is 1.49. The third-order valence-electron chi connectivity index (χ3n) is 4.80. The van der Waals surface area contributed by atoms with Crippen LogP contribution in [0.1, 0.15) is 57.4 Å². The third kappa shape index (κ3) is 5.37. The SMILES string of the molecule is CCCCCCCCCOc1ccc(-c2cc3cc(C#N)ccc3o2)cc1. The molecule has 0 saturated heterocycles. The summed E-state index contributed by atoms with van der Waals surface area (Å²) in [6.07, 6.45) is 9.02. The highest BCUT2D eigenvalue weighted by molar-refractivity contribution is 5.84. The van der Waals surface area contributed by atoms with Crippen molar-refractivity contribution in [3.63, 3.8) is 0 Å². The number of benzene rings is 2. The van der Waals surface area contributed by atoms with Crippen molar-refractivity contribution in [1.29, 1.82) is 5.26 Å². The van der Waals surface area contributed by atoms with Gasteiger partial charge in [-0.2, -0.15) is 5.26 Å². The van der Waals surface area contributed by atoms with Crippen LogP contribution in [0.15, 0.2) is 52.9 Å². The Morgan fingerprint density at radius 2 is 1.63 bits per heavy atom. The zero-order valence-corrected chi connectivity index (χ0v) is 16.0. The predicted octanol–water partition coefficient (Wildman–Crippen LogP) is 7.10. The molecule has 0 aliphatic carbocycles. The number of nitrogens with zero attached hydrogens (tertiary/aromatic N) is 1. The Morgan fingerprint density at radius 3 is 2.37 bits per heavy atom. The molecule has 0 aliphatic heterocycles.